The normalized spacial score (nSPS) is 20.7. The van der Waals surface area contributed by atoms with E-state index >= 15 is 0 Å². The molecule has 0 radical (unpaired) electrons. The molecule has 1 saturated heterocycles. The fraction of sp³-hybridized carbons (Fsp3) is 0.381. The Hall–Kier alpha value is -2.22. The lowest BCUT2D eigenvalue weighted by Crippen LogP contribution is -2.48. The average molecular weight is 403 g/mol. The first-order valence-electron chi connectivity index (χ1n) is 9.35. The van der Waals surface area contributed by atoms with Gasteiger partial charge in [-0.1, -0.05) is 29.8 Å². The molecule has 0 saturated carbocycles. The summed E-state index contributed by atoms with van der Waals surface area (Å²) in [6.45, 7) is 6.42. The summed E-state index contributed by atoms with van der Waals surface area (Å²) in [6, 6.07) is 14.0. The van der Waals surface area contributed by atoms with Crippen LogP contribution in [0, 0.1) is 6.92 Å². The molecular formula is C21H26N2O4S. The molecule has 0 bridgehead atoms. The van der Waals surface area contributed by atoms with Crippen LogP contribution >= 0.6 is 0 Å². The van der Waals surface area contributed by atoms with Crippen LogP contribution in [-0.4, -0.2) is 50.3 Å². The second kappa shape index (κ2) is 8.43. The highest BCUT2D eigenvalue weighted by atomic mass is 32.2. The number of hydrogen-bond donors (Lipinski definition) is 1. The van der Waals surface area contributed by atoms with E-state index in [0.29, 0.717) is 18.7 Å². The molecule has 2 unspecified atom stereocenters. The largest absolute Gasteiger partial charge is 0.378 e. The summed E-state index contributed by atoms with van der Waals surface area (Å²) in [5, 5.41) is 3.08. The van der Waals surface area contributed by atoms with Crippen molar-refractivity contribution in [1.82, 2.24) is 4.31 Å². The number of Topliss-reactive ketones (excluding diaryl/α,β-unsaturated/α-hetero) is 1. The number of hydrogen-bond acceptors (Lipinski definition) is 5. The zero-order chi connectivity index (χ0) is 20.3. The van der Waals surface area contributed by atoms with Crippen molar-refractivity contribution in [3.05, 3.63) is 59.7 Å². The lowest BCUT2D eigenvalue weighted by Gasteiger charge is -2.34. The highest BCUT2D eigenvalue weighted by Crippen LogP contribution is 2.22. The number of carbonyl (C=O) groups excluding carboxylic acids is 1. The van der Waals surface area contributed by atoms with Crippen molar-refractivity contribution in [3.8, 4) is 0 Å². The predicted octanol–water partition coefficient (Wildman–Crippen LogP) is 3.09. The van der Waals surface area contributed by atoms with Crippen molar-refractivity contribution < 1.29 is 17.9 Å². The highest BCUT2D eigenvalue weighted by molar-refractivity contribution is 7.89. The molecule has 6 nitrogen and oxygen atoms in total. The zero-order valence-corrected chi connectivity index (χ0v) is 17.2. The maximum absolute atomic E-state index is 13.0. The van der Waals surface area contributed by atoms with Crippen molar-refractivity contribution in [2.75, 3.05) is 25.0 Å². The molecule has 2 aromatic carbocycles. The molecule has 0 aliphatic carbocycles. The smallest absolute Gasteiger partial charge is 0.243 e. The first-order chi connectivity index (χ1) is 13.3. The maximum atomic E-state index is 13.0. The molecule has 1 N–H and O–H groups in total. The fourth-order valence-corrected chi connectivity index (χ4v) is 4.90. The van der Waals surface area contributed by atoms with E-state index in [4.69, 9.17) is 4.74 Å². The van der Waals surface area contributed by atoms with E-state index in [9.17, 15) is 13.2 Å². The van der Waals surface area contributed by atoms with Crippen LogP contribution in [0.15, 0.2) is 53.4 Å². The van der Waals surface area contributed by atoms with Crippen LogP contribution in [0.4, 0.5) is 5.69 Å². The Balaban J connectivity index is 1.73. The predicted molar refractivity (Wildman–Crippen MR) is 109 cm³/mol. The van der Waals surface area contributed by atoms with Crippen LogP contribution in [0.5, 0.6) is 0 Å². The second-order valence-electron chi connectivity index (χ2n) is 7.25. The summed E-state index contributed by atoms with van der Waals surface area (Å²) in [5.74, 6) is -0.165. The van der Waals surface area contributed by atoms with Crippen molar-refractivity contribution in [2.24, 2.45) is 0 Å². The Morgan fingerprint density at radius 2 is 1.75 bits per heavy atom. The molecule has 0 spiro atoms. The van der Waals surface area contributed by atoms with Gasteiger partial charge >= 0.3 is 0 Å². The van der Waals surface area contributed by atoms with Gasteiger partial charge in [-0.15, -0.1) is 0 Å². The van der Waals surface area contributed by atoms with Crippen molar-refractivity contribution >= 4 is 21.5 Å². The van der Waals surface area contributed by atoms with Crippen molar-refractivity contribution in [2.45, 2.75) is 37.9 Å². The SMILES string of the molecule is Cc1ccc(NCC(=O)c2cccc(S(=O)(=O)N3CC(C)OC(C)C3)c2)cc1. The molecule has 28 heavy (non-hydrogen) atoms. The van der Waals surface area contributed by atoms with Gasteiger partial charge in [0.25, 0.3) is 0 Å². The molecule has 2 aromatic rings. The van der Waals surface area contributed by atoms with E-state index in [1.54, 1.807) is 12.1 Å². The van der Waals surface area contributed by atoms with Gasteiger partial charge in [0.15, 0.2) is 5.78 Å². The van der Waals surface area contributed by atoms with Gasteiger partial charge in [-0.3, -0.25) is 4.79 Å². The Morgan fingerprint density at radius 1 is 1.11 bits per heavy atom. The minimum absolute atomic E-state index is 0.0954. The summed E-state index contributed by atoms with van der Waals surface area (Å²) >= 11 is 0. The quantitative estimate of drug-likeness (QED) is 0.752. The first kappa shape index (κ1) is 20.5. The van der Waals surface area contributed by atoms with Crippen LogP contribution in [0.25, 0.3) is 0 Å². The number of benzene rings is 2. The second-order valence-corrected chi connectivity index (χ2v) is 9.19. The van der Waals surface area contributed by atoms with Crippen LogP contribution < -0.4 is 5.32 Å². The Labute approximate surface area is 166 Å². The molecule has 1 aliphatic heterocycles. The lowest BCUT2D eigenvalue weighted by atomic mass is 10.1. The number of ether oxygens (including phenoxy) is 1. The number of ketones is 1. The molecule has 150 valence electrons. The van der Waals surface area contributed by atoms with E-state index in [-0.39, 0.29) is 29.4 Å². The molecule has 1 aliphatic rings. The van der Waals surface area contributed by atoms with Gasteiger partial charge in [0.1, 0.15) is 0 Å². The first-order valence-corrected chi connectivity index (χ1v) is 10.8. The van der Waals surface area contributed by atoms with Gasteiger partial charge in [-0.2, -0.15) is 4.31 Å². The number of rotatable bonds is 6. The summed E-state index contributed by atoms with van der Waals surface area (Å²) in [7, 11) is -3.68. The van der Waals surface area contributed by atoms with Gasteiger partial charge in [0.05, 0.1) is 23.6 Å². The Bertz CT molecular complexity index is 931. The third kappa shape index (κ3) is 4.79. The van der Waals surface area contributed by atoms with E-state index in [1.165, 1.54) is 16.4 Å². The number of carbonyl (C=O) groups is 1. The molecule has 2 atom stereocenters. The van der Waals surface area contributed by atoms with Crippen LogP contribution in [-0.2, 0) is 14.8 Å². The molecule has 0 amide bonds. The highest BCUT2D eigenvalue weighted by Gasteiger charge is 2.32. The summed E-state index contributed by atoms with van der Waals surface area (Å²) in [5.41, 5.74) is 2.36. The summed E-state index contributed by atoms with van der Waals surface area (Å²) in [4.78, 5) is 12.7. The monoisotopic (exact) mass is 402 g/mol. The van der Waals surface area contributed by atoms with Crippen LogP contribution in [0.2, 0.25) is 0 Å². The third-order valence-corrected chi connectivity index (χ3v) is 6.51. The van der Waals surface area contributed by atoms with Gasteiger partial charge in [0.2, 0.25) is 10.0 Å². The molecule has 0 aromatic heterocycles. The Kier molecular flexibility index (Phi) is 6.17. The van der Waals surface area contributed by atoms with Crippen LogP contribution in [0.1, 0.15) is 29.8 Å². The van der Waals surface area contributed by atoms with E-state index in [0.717, 1.165) is 11.3 Å². The third-order valence-electron chi connectivity index (χ3n) is 4.68. The topological polar surface area (TPSA) is 75.7 Å². The minimum Gasteiger partial charge on any atom is -0.378 e. The number of sulfonamides is 1. The number of aryl methyl sites for hydroxylation is 1. The molecule has 3 rings (SSSR count). The molecule has 7 heteroatoms. The lowest BCUT2D eigenvalue weighted by molar-refractivity contribution is -0.0440. The summed E-state index contributed by atoms with van der Waals surface area (Å²) in [6.07, 6.45) is -0.330. The standard InChI is InChI=1S/C21H26N2O4S/c1-15-7-9-19(10-8-15)22-12-21(24)18-5-4-6-20(11-18)28(25,26)23-13-16(2)27-17(3)14-23/h4-11,16-17,22H,12-14H2,1-3H3. The number of anilines is 1. The Morgan fingerprint density at radius 3 is 2.39 bits per heavy atom. The fourth-order valence-electron chi connectivity index (χ4n) is 3.26. The minimum atomic E-state index is -3.68. The number of nitrogens with zero attached hydrogens (tertiary/aromatic N) is 1. The van der Waals surface area contributed by atoms with Gasteiger partial charge < -0.3 is 10.1 Å². The van der Waals surface area contributed by atoms with Gasteiger partial charge in [-0.05, 0) is 45.0 Å². The van der Waals surface area contributed by atoms with Gasteiger partial charge in [0, 0.05) is 24.3 Å². The van der Waals surface area contributed by atoms with Crippen LogP contribution in [0.3, 0.4) is 0 Å². The molecule has 1 fully saturated rings. The van der Waals surface area contributed by atoms with E-state index < -0.39 is 10.0 Å². The van der Waals surface area contributed by atoms with Crippen molar-refractivity contribution in [1.29, 1.82) is 0 Å². The van der Waals surface area contributed by atoms with Crippen molar-refractivity contribution in [3.63, 3.8) is 0 Å². The van der Waals surface area contributed by atoms with E-state index in [2.05, 4.69) is 5.32 Å². The van der Waals surface area contributed by atoms with Gasteiger partial charge in [-0.25, -0.2) is 8.42 Å². The van der Waals surface area contributed by atoms with E-state index in [1.807, 2.05) is 45.0 Å². The average Bonchev–Trinajstić information content (AvgIpc) is 2.66. The maximum Gasteiger partial charge on any atom is 0.243 e. The number of nitrogens with one attached hydrogen (secondary N) is 1. The summed E-state index contributed by atoms with van der Waals surface area (Å²) < 4.78 is 33.1. The number of morpholine rings is 1. The zero-order valence-electron chi connectivity index (χ0n) is 16.4. The molecular weight excluding hydrogens is 376 g/mol. The molecule has 1 heterocycles.